The Hall–Kier alpha value is -3.09. The fourth-order valence-corrected chi connectivity index (χ4v) is 3.27. The Bertz CT molecular complexity index is 930. The molecule has 1 atom stereocenters. The Kier molecular flexibility index (Phi) is 4.20. The van der Waals surface area contributed by atoms with E-state index in [2.05, 4.69) is 14.7 Å². The lowest BCUT2D eigenvalue weighted by molar-refractivity contribution is 0.0542. The molecule has 0 radical (unpaired) electrons. The third-order valence-corrected chi connectivity index (χ3v) is 4.73. The molecule has 3 heterocycles. The van der Waals surface area contributed by atoms with Gasteiger partial charge in [-0.05, 0) is 24.1 Å². The van der Waals surface area contributed by atoms with E-state index in [1.54, 1.807) is 24.3 Å². The molecule has 0 saturated carbocycles. The summed E-state index contributed by atoms with van der Waals surface area (Å²) in [7, 11) is 1.64. The molecule has 1 aromatic carbocycles. The van der Waals surface area contributed by atoms with Gasteiger partial charge in [0.25, 0.3) is 5.91 Å². The minimum Gasteiger partial charge on any atom is -0.497 e. The molecule has 0 fully saturated rings. The van der Waals surface area contributed by atoms with Crippen LogP contribution in [0.3, 0.4) is 0 Å². The van der Waals surface area contributed by atoms with Crippen molar-refractivity contribution in [2.24, 2.45) is 0 Å². The van der Waals surface area contributed by atoms with Crippen molar-refractivity contribution in [1.82, 2.24) is 19.6 Å². The van der Waals surface area contributed by atoms with Gasteiger partial charge < -0.3 is 18.7 Å². The normalized spacial score (nSPS) is 16.4. The zero-order valence-electron chi connectivity index (χ0n) is 14.8. The first-order valence-electron chi connectivity index (χ1n) is 8.60. The summed E-state index contributed by atoms with van der Waals surface area (Å²) in [5.74, 6) is 1.70. The molecular formula is C19H20N4O3. The Morgan fingerprint density at radius 2 is 2.27 bits per heavy atom. The highest BCUT2D eigenvalue weighted by Crippen LogP contribution is 2.32. The highest BCUT2D eigenvalue weighted by atomic mass is 16.5. The van der Waals surface area contributed by atoms with Gasteiger partial charge in [0.05, 0.1) is 25.4 Å². The number of rotatable bonds is 4. The summed E-state index contributed by atoms with van der Waals surface area (Å²) in [5.41, 5.74) is 1.78. The average molecular weight is 352 g/mol. The highest BCUT2D eigenvalue weighted by molar-refractivity contribution is 5.91. The number of benzene rings is 1. The van der Waals surface area contributed by atoms with E-state index in [0.29, 0.717) is 13.1 Å². The summed E-state index contributed by atoms with van der Waals surface area (Å²) in [6.07, 6.45) is 4.42. The summed E-state index contributed by atoms with van der Waals surface area (Å²) >= 11 is 0. The molecule has 0 bridgehead atoms. The Labute approximate surface area is 151 Å². The van der Waals surface area contributed by atoms with Gasteiger partial charge in [-0.25, -0.2) is 4.98 Å². The zero-order chi connectivity index (χ0) is 18.1. The first kappa shape index (κ1) is 16.4. The second-order valence-corrected chi connectivity index (χ2v) is 6.26. The fraction of sp³-hybridized carbons (Fsp3) is 0.316. The molecule has 26 heavy (non-hydrogen) atoms. The van der Waals surface area contributed by atoms with Crippen molar-refractivity contribution in [3.05, 3.63) is 65.6 Å². The molecule has 134 valence electrons. The standard InChI is InChI=1S/C19H20N4O3/c1-3-14-10-17(26-21-14)19(24)23-12-18-20-7-8-22(18)11-16(23)13-5-4-6-15(9-13)25-2/h4-10,16H,3,11-12H2,1-2H3/t16-/m0/s1. The van der Waals surface area contributed by atoms with Gasteiger partial charge in [-0.3, -0.25) is 4.79 Å². The molecule has 1 aliphatic heterocycles. The summed E-state index contributed by atoms with van der Waals surface area (Å²) in [6, 6.07) is 9.37. The van der Waals surface area contributed by atoms with Gasteiger partial charge in [0.1, 0.15) is 11.6 Å². The number of methoxy groups -OCH3 is 1. The number of amides is 1. The molecule has 0 saturated heterocycles. The van der Waals surface area contributed by atoms with Gasteiger partial charge in [0, 0.05) is 25.0 Å². The molecule has 1 amide bonds. The molecular weight excluding hydrogens is 332 g/mol. The second-order valence-electron chi connectivity index (χ2n) is 6.26. The number of ether oxygens (including phenoxy) is 1. The van der Waals surface area contributed by atoms with Crippen LogP contribution >= 0.6 is 0 Å². The fourth-order valence-electron chi connectivity index (χ4n) is 3.27. The summed E-state index contributed by atoms with van der Waals surface area (Å²) < 4.78 is 12.7. The maximum atomic E-state index is 13.1. The number of aromatic nitrogens is 3. The lowest BCUT2D eigenvalue weighted by atomic mass is 10.0. The van der Waals surface area contributed by atoms with Crippen molar-refractivity contribution in [2.45, 2.75) is 32.5 Å². The van der Waals surface area contributed by atoms with Gasteiger partial charge in [-0.2, -0.15) is 0 Å². The predicted octanol–water partition coefficient (Wildman–Crippen LogP) is 2.84. The number of aryl methyl sites for hydroxylation is 1. The van der Waals surface area contributed by atoms with E-state index in [1.165, 1.54) is 0 Å². The number of hydrogen-bond acceptors (Lipinski definition) is 5. The monoisotopic (exact) mass is 352 g/mol. The number of hydrogen-bond donors (Lipinski definition) is 0. The van der Waals surface area contributed by atoms with Crippen molar-refractivity contribution < 1.29 is 14.1 Å². The molecule has 7 heteroatoms. The Balaban J connectivity index is 1.72. The molecule has 2 aromatic heterocycles. The molecule has 0 N–H and O–H groups in total. The number of imidazole rings is 1. The predicted molar refractivity (Wildman–Crippen MR) is 93.7 cm³/mol. The van der Waals surface area contributed by atoms with Crippen LogP contribution in [0.25, 0.3) is 0 Å². The smallest absolute Gasteiger partial charge is 0.293 e. The van der Waals surface area contributed by atoms with Crippen molar-refractivity contribution in [3.8, 4) is 5.75 Å². The molecule has 0 unspecified atom stereocenters. The summed E-state index contributed by atoms with van der Waals surface area (Å²) in [4.78, 5) is 19.3. The summed E-state index contributed by atoms with van der Waals surface area (Å²) in [6.45, 7) is 3.02. The van der Waals surface area contributed by atoms with E-state index >= 15 is 0 Å². The number of carbonyl (C=O) groups is 1. The van der Waals surface area contributed by atoms with Crippen molar-refractivity contribution in [3.63, 3.8) is 0 Å². The molecule has 1 aliphatic rings. The number of carbonyl (C=O) groups excluding carboxylic acids is 1. The SMILES string of the molecule is CCc1cc(C(=O)N2Cc3nccn3C[C@H]2c2cccc(OC)c2)on1. The van der Waals surface area contributed by atoms with E-state index in [4.69, 9.17) is 9.26 Å². The van der Waals surface area contributed by atoms with Crippen LogP contribution in [0.1, 0.15) is 40.6 Å². The van der Waals surface area contributed by atoms with Crippen molar-refractivity contribution in [2.75, 3.05) is 7.11 Å². The number of fused-ring (bicyclic) bond motifs is 1. The third kappa shape index (κ3) is 2.85. The van der Waals surface area contributed by atoms with E-state index in [9.17, 15) is 4.79 Å². The van der Waals surface area contributed by atoms with Crippen LogP contribution in [0.2, 0.25) is 0 Å². The first-order chi connectivity index (χ1) is 12.7. The third-order valence-electron chi connectivity index (χ3n) is 4.73. The van der Waals surface area contributed by atoms with Gasteiger partial charge in [-0.1, -0.05) is 24.2 Å². The maximum absolute atomic E-state index is 13.1. The Morgan fingerprint density at radius 1 is 1.38 bits per heavy atom. The van der Waals surface area contributed by atoms with Crippen LogP contribution in [-0.4, -0.2) is 32.6 Å². The minimum atomic E-state index is -0.181. The molecule has 0 spiro atoms. The van der Waals surface area contributed by atoms with Crippen molar-refractivity contribution in [1.29, 1.82) is 0 Å². The molecule has 7 nitrogen and oxygen atoms in total. The quantitative estimate of drug-likeness (QED) is 0.722. The lowest BCUT2D eigenvalue weighted by Gasteiger charge is -2.36. The van der Waals surface area contributed by atoms with Crippen LogP contribution < -0.4 is 4.74 Å². The zero-order valence-corrected chi connectivity index (χ0v) is 14.8. The van der Waals surface area contributed by atoms with Crippen LogP contribution in [-0.2, 0) is 19.5 Å². The second kappa shape index (κ2) is 6.67. The van der Waals surface area contributed by atoms with E-state index < -0.39 is 0 Å². The van der Waals surface area contributed by atoms with Gasteiger partial charge in [-0.15, -0.1) is 0 Å². The average Bonchev–Trinajstić information content (AvgIpc) is 3.35. The largest absolute Gasteiger partial charge is 0.497 e. The number of nitrogens with zero attached hydrogens (tertiary/aromatic N) is 4. The highest BCUT2D eigenvalue weighted by Gasteiger charge is 2.34. The Morgan fingerprint density at radius 3 is 3.04 bits per heavy atom. The minimum absolute atomic E-state index is 0.144. The van der Waals surface area contributed by atoms with Crippen LogP contribution in [0.15, 0.2) is 47.2 Å². The van der Waals surface area contributed by atoms with Gasteiger partial charge >= 0.3 is 0 Å². The van der Waals surface area contributed by atoms with Crippen LogP contribution in [0.4, 0.5) is 0 Å². The first-order valence-corrected chi connectivity index (χ1v) is 8.60. The maximum Gasteiger partial charge on any atom is 0.293 e. The van der Waals surface area contributed by atoms with Gasteiger partial charge in [0.2, 0.25) is 5.76 Å². The molecule has 4 rings (SSSR count). The topological polar surface area (TPSA) is 73.4 Å². The van der Waals surface area contributed by atoms with E-state index in [1.807, 2.05) is 37.4 Å². The summed E-state index contributed by atoms with van der Waals surface area (Å²) in [5, 5.41) is 3.95. The van der Waals surface area contributed by atoms with Crippen LogP contribution in [0.5, 0.6) is 5.75 Å². The molecule has 3 aromatic rings. The van der Waals surface area contributed by atoms with Crippen molar-refractivity contribution >= 4 is 5.91 Å². The lowest BCUT2D eigenvalue weighted by Crippen LogP contribution is -2.41. The molecule has 0 aliphatic carbocycles. The van der Waals surface area contributed by atoms with Crippen LogP contribution in [0, 0.1) is 0 Å². The van der Waals surface area contributed by atoms with E-state index in [0.717, 1.165) is 29.3 Å². The van der Waals surface area contributed by atoms with E-state index in [-0.39, 0.29) is 17.7 Å². The van der Waals surface area contributed by atoms with Gasteiger partial charge in [0.15, 0.2) is 0 Å².